The molecule has 106 valence electrons. The second kappa shape index (κ2) is 5.95. The summed E-state index contributed by atoms with van der Waals surface area (Å²) in [5.41, 5.74) is 0.839. The molecule has 2 heterocycles. The van der Waals surface area contributed by atoms with E-state index in [2.05, 4.69) is 17.2 Å². The van der Waals surface area contributed by atoms with E-state index >= 15 is 0 Å². The molecule has 2 unspecified atom stereocenters. The summed E-state index contributed by atoms with van der Waals surface area (Å²) in [5, 5.41) is 4.97. The number of rotatable bonds is 3. The van der Waals surface area contributed by atoms with Crippen LogP contribution in [0.1, 0.15) is 6.92 Å². The maximum absolute atomic E-state index is 5.98. The molecular weight excluding hydrogens is 276 g/mol. The summed E-state index contributed by atoms with van der Waals surface area (Å²) >= 11 is 5.98. The van der Waals surface area contributed by atoms with E-state index in [1.54, 1.807) is 6.20 Å². The van der Waals surface area contributed by atoms with Crippen molar-refractivity contribution in [1.29, 1.82) is 0 Å². The van der Waals surface area contributed by atoms with Crippen LogP contribution in [0, 0.1) is 0 Å². The fourth-order valence-electron chi connectivity index (χ4n) is 2.37. The number of pyridine rings is 1. The summed E-state index contributed by atoms with van der Waals surface area (Å²) in [5.74, 6) is 0.813. The summed E-state index contributed by atoms with van der Waals surface area (Å²) < 4.78 is 11.7. The Bertz CT molecular complexity index is 605. The first-order valence-electron chi connectivity index (χ1n) is 6.75. The lowest BCUT2D eigenvalue weighted by atomic mass is 10.2. The lowest BCUT2D eigenvalue weighted by molar-refractivity contribution is -0.0468. The average Bonchev–Trinajstić information content (AvgIpc) is 2.44. The van der Waals surface area contributed by atoms with E-state index in [-0.39, 0.29) is 12.2 Å². The van der Waals surface area contributed by atoms with Gasteiger partial charge in [-0.1, -0.05) is 11.6 Å². The third-order valence-corrected chi connectivity index (χ3v) is 3.55. The van der Waals surface area contributed by atoms with Crippen LogP contribution in [0.2, 0.25) is 5.02 Å². The zero-order chi connectivity index (χ0) is 13.9. The van der Waals surface area contributed by atoms with Crippen LogP contribution in [-0.4, -0.2) is 36.9 Å². The third-order valence-electron chi connectivity index (χ3n) is 3.32. The van der Waals surface area contributed by atoms with Gasteiger partial charge in [-0.2, -0.15) is 0 Å². The van der Waals surface area contributed by atoms with E-state index in [1.165, 1.54) is 0 Å². The van der Waals surface area contributed by atoms with Gasteiger partial charge in [-0.15, -0.1) is 0 Å². The highest BCUT2D eigenvalue weighted by Gasteiger charge is 2.19. The van der Waals surface area contributed by atoms with Crippen LogP contribution >= 0.6 is 11.6 Å². The molecule has 0 aliphatic carbocycles. The van der Waals surface area contributed by atoms with Crippen LogP contribution in [0.5, 0.6) is 5.75 Å². The topological polar surface area (TPSA) is 43.4 Å². The number of ether oxygens (including phenoxy) is 2. The number of hydrogen-bond acceptors (Lipinski definition) is 4. The highest BCUT2D eigenvalue weighted by atomic mass is 35.5. The van der Waals surface area contributed by atoms with Crippen molar-refractivity contribution in [2.24, 2.45) is 0 Å². The van der Waals surface area contributed by atoms with Gasteiger partial charge < -0.3 is 14.8 Å². The van der Waals surface area contributed by atoms with Crippen LogP contribution in [-0.2, 0) is 4.74 Å². The number of halogens is 1. The summed E-state index contributed by atoms with van der Waals surface area (Å²) in [6.07, 6.45) is 2.04. The lowest BCUT2D eigenvalue weighted by Gasteiger charge is -2.28. The van der Waals surface area contributed by atoms with Gasteiger partial charge in [0.2, 0.25) is 0 Å². The molecule has 0 saturated carbocycles. The van der Waals surface area contributed by atoms with Crippen molar-refractivity contribution < 1.29 is 9.47 Å². The molecule has 2 aromatic rings. The van der Waals surface area contributed by atoms with Gasteiger partial charge >= 0.3 is 0 Å². The standard InChI is InChI=1S/C15H17ClN2O2/c1-10-7-17-8-12(20-10)9-19-15-4-5-18-14-6-11(16)2-3-13(14)15/h2-6,10,12,17H,7-9H2,1H3. The second-order valence-corrected chi connectivity index (χ2v) is 5.44. The summed E-state index contributed by atoms with van der Waals surface area (Å²) in [6.45, 7) is 4.30. The molecule has 4 nitrogen and oxygen atoms in total. The number of nitrogens with zero attached hydrogens (tertiary/aromatic N) is 1. The Balaban J connectivity index is 1.74. The van der Waals surface area contributed by atoms with Crippen molar-refractivity contribution in [3.05, 3.63) is 35.5 Å². The van der Waals surface area contributed by atoms with E-state index in [4.69, 9.17) is 21.1 Å². The fourth-order valence-corrected chi connectivity index (χ4v) is 2.54. The summed E-state index contributed by atoms with van der Waals surface area (Å²) in [4.78, 5) is 4.30. The Morgan fingerprint density at radius 3 is 3.15 bits per heavy atom. The molecule has 1 aliphatic heterocycles. The minimum absolute atomic E-state index is 0.0780. The van der Waals surface area contributed by atoms with Crippen LogP contribution in [0.3, 0.4) is 0 Å². The van der Waals surface area contributed by atoms with Crippen molar-refractivity contribution in [1.82, 2.24) is 10.3 Å². The molecule has 0 spiro atoms. The van der Waals surface area contributed by atoms with E-state index in [0.717, 1.165) is 29.7 Å². The normalized spacial score (nSPS) is 22.9. The summed E-state index contributed by atoms with van der Waals surface area (Å²) in [7, 11) is 0. The van der Waals surface area contributed by atoms with Crippen molar-refractivity contribution in [3.8, 4) is 5.75 Å². The van der Waals surface area contributed by atoms with Gasteiger partial charge in [0.25, 0.3) is 0 Å². The molecule has 3 rings (SSSR count). The van der Waals surface area contributed by atoms with E-state index in [0.29, 0.717) is 11.6 Å². The second-order valence-electron chi connectivity index (χ2n) is 5.01. The van der Waals surface area contributed by atoms with Gasteiger partial charge in [0.15, 0.2) is 0 Å². The number of aromatic nitrogens is 1. The molecule has 1 N–H and O–H groups in total. The Morgan fingerprint density at radius 2 is 2.30 bits per heavy atom. The highest BCUT2D eigenvalue weighted by Crippen LogP contribution is 2.26. The Kier molecular flexibility index (Phi) is 4.05. The SMILES string of the molecule is CC1CNCC(COc2ccnc3cc(Cl)ccc23)O1. The molecule has 0 bridgehead atoms. The smallest absolute Gasteiger partial charge is 0.130 e. The Labute approximate surface area is 123 Å². The summed E-state index contributed by atoms with van der Waals surface area (Å²) in [6, 6.07) is 7.49. The number of fused-ring (bicyclic) bond motifs is 1. The quantitative estimate of drug-likeness (QED) is 0.944. The fraction of sp³-hybridized carbons (Fsp3) is 0.400. The molecular formula is C15H17ClN2O2. The largest absolute Gasteiger partial charge is 0.490 e. The zero-order valence-corrected chi connectivity index (χ0v) is 12.1. The van der Waals surface area contributed by atoms with Gasteiger partial charge in [-0.3, -0.25) is 4.98 Å². The van der Waals surface area contributed by atoms with Crippen molar-refractivity contribution >= 4 is 22.5 Å². The number of morpholine rings is 1. The number of benzene rings is 1. The van der Waals surface area contributed by atoms with E-state index < -0.39 is 0 Å². The maximum Gasteiger partial charge on any atom is 0.130 e. The van der Waals surface area contributed by atoms with Crippen molar-refractivity contribution in [2.75, 3.05) is 19.7 Å². The average molecular weight is 293 g/mol. The monoisotopic (exact) mass is 292 g/mol. The molecule has 1 aromatic heterocycles. The van der Waals surface area contributed by atoms with Crippen molar-refractivity contribution in [3.63, 3.8) is 0 Å². The first-order chi connectivity index (χ1) is 9.72. The van der Waals surface area contributed by atoms with Gasteiger partial charge in [-0.05, 0) is 31.2 Å². The minimum Gasteiger partial charge on any atom is -0.490 e. The molecule has 5 heteroatoms. The molecule has 1 fully saturated rings. The van der Waals surface area contributed by atoms with Gasteiger partial charge in [0.1, 0.15) is 18.5 Å². The highest BCUT2D eigenvalue weighted by molar-refractivity contribution is 6.31. The predicted octanol–water partition coefficient (Wildman–Crippen LogP) is 2.64. The number of nitrogens with one attached hydrogen (secondary N) is 1. The first-order valence-corrected chi connectivity index (χ1v) is 7.13. The molecule has 20 heavy (non-hydrogen) atoms. The molecule has 1 aromatic carbocycles. The van der Waals surface area contributed by atoms with Crippen molar-refractivity contribution in [2.45, 2.75) is 19.1 Å². The predicted molar refractivity (Wildman–Crippen MR) is 79.5 cm³/mol. The molecule has 2 atom stereocenters. The van der Waals surface area contributed by atoms with Crippen LogP contribution in [0.25, 0.3) is 10.9 Å². The van der Waals surface area contributed by atoms with Gasteiger partial charge in [0, 0.05) is 29.7 Å². The Morgan fingerprint density at radius 1 is 1.40 bits per heavy atom. The molecule has 0 amide bonds. The molecule has 1 saturated heterocycles. The lowest BCUT2D eigenvalue weighted by Crippen LogP contribution is -2.45. The van der Waals surface area contributed by atoms with E-state index in [1.807, 2.05) is 24.3 Å². The van der Waals surface area contributed by atoms with Crippen LogP contribution < -0.4 is 10.1 Å². The van der Waals surface area contributed by atoms with Gasteiger partial charge in [-0.25, -0.2) is 0 Å². The zero-order valence-electron chi connectivity index (χ0n) is 11.3. The van der Waals surface area contributed by atoms with Crippen LogP contribution in [0.15, 0.2) is 30.5 Å². The molecule has 1 aliphatic rings. The minimum atomic E-state index is 0.0780. The Hall–Kier alpha value is -1.36. The third kappa shape index (κ3) is 3.03. The van der Waals surface area contributed by atoms with Gasteiger partial charge in [0.05, 0.1) is 11.6 Å². The van der Waals surface area contributed by atoms with E-state index in [9.17, 15) is 0 Å². The maximum atomic E-state index is 5.98. The van der Waals surface area contributed by atoms with Crippen LogP contribution in [0.4, 0.5) is 0 Å². The molecule has 0 radical (unpaired) electrons. The first kappa shape index (κ1) is 13.6. The number of hydrogen-bond donors (Lipinski definition) is 1.